The van der Waals surface area contributed by atoms with Crippen molar-refractivity contribution in [1.29, 1.82) is 0 Å². The number of ether oxygens (including phenoxy) is 1. The van der Waals surface area contributed by atoms with Crippen LogP contribution in [-0.4, -0.2) is 5.11 Å². The van der Waals surface area contributed by atoms with Crippen LogP contribution < -0.4 is 0 Å². The number of epoxide rings is 1. The highest BCUT2D eigenvalue weighted by Gasteiger charge is 2.43. The first-order chi connectivity index (χ1) is 9.98. The topological polar surface area (TPSA) is 32.8 Å². The first-order valence-electron chi connectivity index (χ1n) is 7.46. The Morgan fingerprint density at radius 2 is 1.52 bits per heavy atom. The molecule has 0 bridgehead atoms. The quantitative estimate of drug-likeness (QED) is 0.836. The van der Waals surface area contributed by atoms with Gasteiger partial charge in [0.15, 0.2) is 0 Å². The second-order valence-electron chi connectivity index (χ2n) is 6.79. The summed E-state index contributed by atoms with van der Waals surface area (Å²) in [6, 6.07) is 18.3. The van der Waals surface area contributed by atoms with Crippen molar-refractivity contribution in [2.24, 2.45) is 5.41 Å². The summed E-state index contributed by atoms with van der Waals surface area (Å²) in [5.41, 5.74) is 3.09. The Hall–Kier alpha value is -1.64. The van der Waals surface area contributed by atoms with Gasteiger partial charge in [-0.1, -0.05) is 75.4 Å². The van der Waals surface area contributed by atoms with Crippen LogP contribution >= 0.6 is 0 Å². The number of aliphatic hydroxyl groups is 1. The summed E-state index contributed by atoms with van der Waals surface area (Å²) in [5, 5.41) is 10.6. The molecule has 0 amide bonds. The minimum absolute atomic E-state index is 0.0561. The van der Waals surface area contributed by atoms with Gasteiger partial charge in [0.25, 0.3) is 0 Å². The molecule has 21 heavy (non-hydrogen) atoms. The van der Waals surface area contributed by atoms with Crippen LogP contribution in [0.4, 0.5) is 0 Å². The van der Waals surface area contributed by atoms with Crippen molar-refractivity contribution in [1.82, 2.24) is 0 Å². The zero-order valence-corrected chi connectivity index (χ0v) is 12.8. The average molecular weight is 282 g/mol. The maximum Gasteiger partial charge on any atom is 0.114 e. The number of rotatable bonds is 3. The lowest BCUT2D eigenvalue weighted by Crippen LogP contribution is -2.19. The van der Waals surface area contributed by atoms with Crippen LogP contribution in [0.3, 0.4) is 0 Å². The summed E-state index contributed by atoms with van der Waals surface area (Å²) >= 11 is 0. The molecule has 2 nitrogen and oxygen atoms in total. The van der Waals surface area contributed by atoms with Gasteiger partial charge in [-0.25, -0.2) is 0 Å². The van der Waals surface area contributed by atoms with Gasteiger partial charge in [-0.2, -0.15) is 0 Å². The number of hydrogen-bond acceptors (Lipinski definition) is 2. The van der Waals surface area contributed by atoms with E-state index in [0.717, 1.165) is 11.1 Å². The van der Waals surface area contributed by atoms with E-state index in [1.165, 1.54) is 5.56 Å². The van der Waals surface area contributed by atoms with E-state index in [2.05, 4.69) is 39.0 Å². The predicted molar refractivity (Wildman–Crippen MR) is 83.9 cm³/mol. The molecule has 1 N–H and O–H groups in total. The molecule has 0 radical (unpaired) electrons. The van der Waals surface area contributed by atoms with Crippen LogP contribution in [0.25, 0.3) is 0 Å². The molecule has 0 saturated carbocycles. The van der Waals surface area contributed by atoms with Gasteiger partial charge in [-0.3, -0.25) is 0 Å². The second-order valence-corrected chi connectivity index (χ2v) is 6.79. The van der Waals surface area contributed by atoms with Gasteiger partial charge < -0.3 is 9.84 Å². The summed E-state index contributed by atoms with van der Waals surface area (Å²) in [6.45, 7) is 6.16. The molecule has 110 valence electrons. The highest BCUT2D eigenvalue weighted by Crippen LogP contribution is 2.53. The van der Waals surface area contributed by atoms with E-state index in [9.17, 15) is 5.11 Å². The molecule has 1 fully saturated rings. The Bertz CT molecular complexity index is 613. The summed E-state index contributed by atoms with van der Waals surface area (Å²) in [6.07, 6.45) is -0.325. The monoisotopic (exact) mass is 282 g/mol. The molecule has 0 aliphatic carbocycles. The molecule has 1 aliphatic heterocycles. The zero-order chi connectivity index (χ0) is 15.0. The summed E-state index contributed by atoms with van der Waals surface area (Å²) in [4.78, 5) is 0. The van der Waals surface area contributed by atoms with E-state index in [1.54, 1.807) is 0 Å². The fraction of sp³-hybridized carbons (Fsp3) is 0.368. The van der Waals surface area contributed by atoms with Gasteiger partial charge in [0, 0.05) is 0 Å². The Morgan fingerprint density at radius 1 is 0.905 bits per heavy atom. The Kier molecular flexibility index (Phi) is 3.60. The van der Waals surface area contributed by atoms with Gasteiger partial charge in [0.05, 0.1) is 6.10 Å². The van der Waals surface area contributed by atoms with Crippen molar-refractivity contribution < 1.29 is 9.84 Å². The van der Waals surface area contributed by atoms with E-state index < -0.39 is 6.10 Å². The predicted octanol–water partition coefficient (Wildman–Crippen LogP) is 4.58. The third kappa shape index (κ3) is 2.87. The highest BCUT2D eigenvalue weighted by atomic mass is 16.6. The van der Waals surface area contributed by atoms with Crippen LogP contribution in [0.15, 0.2) is 54.6 Å². The van der Waals surface area contributed by atoms with Crippen molar-refractivity contribution in [3.8, 4) is 0 Å². The highest BCUT2D eigenvalue weighted by molar-refractivity contribution is 5.37. The molecule has 0 aromatic heterocycles. The largest absolute Gasteiger partial charge is 0.388 e. The molecular formula is C19H22O2. The van der Waals surface area contributed by atoms with Crippen molar-refractivity contribution in [3.63, 3.8) is 0 Å². The average Bonchev–Trinajstić information content (AvgIpc) is 3.27. The van der Waals surface area contributed by atoms with E-state index in [4.69, 9.17) is 4.74 Å². The van der Waals surface area contributed by atoms with Crippen LogP contribution in [-0.2, 0) is 4.74 Å². The Balaban J connectivity index is 1.88. The molecule has 1 heterocycles. The fourth-order valence-corrected chi connectivity index (χ4v) is 2.73. The Morgan fingerprint density at radius 3 is 2.19 bits per heavy atom. The minimum Gasteiger partial charge on any atom is -0.388 e. The molecular weight excluding hydrogens is 260 g/mol. The molecule has 1 aliphatic rings. The molecule has 3 rings (SSSR count). The number of benzene rings is 2. The maximum atomic E-state index is 10.6. The molecule has 1 saturated heterocycles. The standard InChI is InChI=1S/C19H22O2/c1-19(2,3)18(20)15-12-8-7-11-14(15)17-16(21-17)13-9-5-4-6-10-13/h4-12,16-18,20H,1-3H3/t16-,17-,18?/m1/s1. The minimum atomic E-state index is -0.491. The Labute approximate surface area is 126 Å². The van der Waals surface area contributed by atoms with Gasteiger partial charge >= 0.3 is 0 Å². The van der Waals surface area contributed by atoms with Gasteiger partial charge in [-0.05, 0) is 22.1 Å². The van der Waals surface area contributed by atoms with Gasteiger partial charge in [0.2, 0.25) is 0 Å². The first-order valence-corrected chi connectivity index (χ1v) is 7.46. The molecule has 0 spiro atoms. The third-order valence-electron chi connectivity index (χ3n) is 4.04. The van der Waals surface area contributed by atoms with E-state index in [1.807, 2.05) is 36.4 Å². The van der Waals surface area contributed by atoms with Crippen LogP contribution in [0, 0.1) is 5.41 Å². The lowest BCUT2D eigenvalue weighted by Gasteiger charge is -2.27. The lowest BCUT2D eigenvalue weighted by molar-refractivity contribution is 0.0615. The van der Waals surface area contributed by atoms with Crippen LogP contribution in [0.1, 0.15) is 55.8 Å². The van der Waals surface area contributed by atoms with Crippen molar-refractivity contribution in [2.75, 3.05) is 0 Å². The van der Waals surface area contributed by atoms with Gasteiger partial charge in [-0.15, -0.1) is 0 Å². The smallest absolute Gasteiger partial charge is 0.114 e. The van der Waals surface area contributed by atoms with Crippen molar-refractivity contribution in [2.45, 2.75) is 39.1 Å². The fourth-order valence-electron chi connectivity index (χ4n) is 2.73. The molecule has 2 aromatic rings. The van der Waals surface area contributed by atoms with Crippen molar-refractivity contribution >= 4 is 0 Å². The normalized spacial score (nSPS) is 22.9. The number of aliphatic hydroxyl groups excluding tert-OH is 1. The maximum absolute atomic E-state index is 10.6. The molecule has 3 atom stereocenters. The second kappa shape index (κ2) is 5.28. The molecule has 2 heteroatoms. The summed E-state index contributed by atoms with van der Waals surface area (Å²) in [5.74, 6) is 0. The lowest BCUT2D eigenvalue weighted by atomic mass is 9.82. The van der Waals surface area contributed by atoms with E-state index in [-0.39, 0.29) is 17.6 Å². The van der Waals surface area contributed by atoms with E-state index in [0.29, 0.717) is 0 Å². The van der Waals surface area contributed by atoms with E-state index >= 15 is 0 Å². The molecule has 1 unspecified atom stereocenters. The summed E-state index contributed by atoms with van der Waals surface area (Å²) in [7, 11) is 0. The van der Waals surface area contributed by atoms with Crippen LogP contribution in [0.2, 0.25) is 0 Å². The third-order valence-corrected chi connectivity index (χ3v) is 4.04. The SMILES string of the molecule is CC(C)(C)C(O)c1ccccc1[C@H]1O[C@@H]1c1ccccc1. The zero-order valence-electron chi connectivity index (χ0n) is 12.8. The number of hydrogen-bond donors (Lipinski definition) is 1. The van der Waals surface area contributed by atoms with Crippen molar-refractivity contribution in [3.05, 3.63) is 71.3 Å². The van der Waals surface area contributed by atoms with Gasteiger partial charge in [0.1, 0.15) is 12.2 Å². The molecule has 2 aromatic carbocycles. The first kappa shape index (κ1) is 14.3. The summed E-state index contributed by atoms with van der Waals surface area (Å²) < 4.78 is 5.88. The van der Waals surface area contributed by atoms with Crippen LogP contribution in [0.5, 0.6) is 0 Å².